The average Bonchev–Trinajstić information content (AvgIpc) is 2.57. The van der Waals surface area contributed by atoms with Crippen molar-refractivity contribution in [3.8, 4) is 0 Å². The number of hydrogen-bond donors (Lipinski definition) is 1. The molecule has 1 saturated heterocycles. The average molecular weight is 393 g/mol. The fourth-order valence-electron chi connectivity index (χ4n) is 3.63. The predicted octanol–water partition coefficient (Wildman–Crippen LogP) is 4.17. The van der Waals surface area contributed by atoms with E-state index in [0.717, 1.165) is 24.2 Å². The molecule has 0 amide bonds. The Hall–Kier alpha value is -1.59. The first-order chi connectivity index (χ1) is 12.4. The summed E-state index contributed by atoms with van der Waals surface area (Å²) in [5.74, 6) is -0.786. The van der Waals surface area contributed by atoms with Crippen molar-refractivity contribution in [2.75, 3.05) is 26.2 Å². The number of halogens is 2. The maximum Gasteiger partial charge on any atom is 0.317 e. The van der Waals surface area contributed by atoms with Gasteiger partial charge in [-0.3, -0.25) is 14.6 Å². The lowest BCUT2D eigenvalue weighted by Gasteiger charge is -2.43. The van der Waals surface area contributed by atoms with E-state index >= 15 is 0 Å². The van der Waals surface area contributed by atoms with Crippen molar-refractivity contribution >= 4 is 29.2 Å². The molecule has 2 aromatic carbocycles. The number of carboxylic acid groups (broad SMARTS) is 1. The van der Waals surface area contributed by atoms with Crippen LogP contribution in [0.25, 0.3) is 0 Å². The molecule has 1 heterocycles. The van der Waals surface area contributed by atoms with Crippen molar-refractivity contribution in [2.45, 2.75) is 19.0 Å². The summed E-state index contributed by atoms with van der Waals surface area (Å²) in [5.41, 5.74) is 2.22. The van der Waals surface area contributed by atoms with Gasteiger partial charge < -0.3 is 5.11 Å². The van der Waals surface area contributed by atoms with Gasteiger partial charge >= 0.3 is 5.97 Å². The quantitative estimate of drug-likeness (QED) is 0.828. The fourth-order valence-corrected chi connectivity index (χ4v) is 4.03. The summed E-state index contributed by atoms with van der Waals surface area (Å²) in [6, 6.07) is 16.0. The number of rotatable bonds is 5. The highest BCUT2D eigenvalue weighted by Gasteiger charge is 2.31. The van der Waals surface area contributed by atoms with Gasteiger partial charge in [0.25, 0.3) is 0 Å². The molecule has 138 valence electrons. The molecule has 4 nitrogen and oxygen atoms in total. The summed E-state index contributed by atoms with van der Waals surface area (Å²) < 4.78 is 0. The van der Waals surface area contributed by atoms with Gasteiger partial charge in [-0.25, -0.2) is 0 Å². The molecule has 26 heavy (non-hydrogen) atoms. The Balaban J connectivity index is 1.91. The number of carbonyl (C=O) groups is 1. The summed E-state index contributed by atoms with van der Waals surface area (Å²) in [5, 5.41) is 10.5. The molecule has 0 aromatic heterocycles. The van der Waals surface area contributed by atoms with Crippen LogP contribution in [0.1, 0.15) is 24.1 Å². The normalized spacial score (nSPS) is 19.0. The molecule has 1 aliphatic rings. The van der Waals surface area contributed by atoms with Gasteiger partial charge in [0.15, 0.2) is 0 Å². The van der Waals surface area contributed by atoms with E-state index in [9.17, 15) is 4.79 Å². The highest BCUT2D eigenvalue weighted by molar-refractivity contribution is 6.31. The summed E-state index contributed by atoms with van der Waals surface area (Å²) in [7, 11) is 0. The molecule has 1 fully saturated rings. The van der Waals surface area contributed by atoms with E-state index in [2.05, 4.69) is 24.0 Å². The van der Waals surface area contributed by atoms with Crippen LogP contribution < -0.4 is 0 Å². The Morgan fingerprint density at radius 3 is 2.15 bits per heavy atom. The van der Waals surface area contributed by atoms with Crippen molar-refractivity contribution in [1.82, 2.24) is 9.80 Å². The SMILES string of the molecule is CC1CN(C(c2cccc(Cl)c2)c2cccc(Cl)c2)CCN1CC(=O)O. The standard InChI is InChI=1S/C20H22Cl2N2O2/c1-14-12-24(9-8-23(14)13-19(25)26)20(15-4-2-6-17(21)10-15)16-5-3-7-18(22)11-16/h2-7,10-11,14,20H,8-9,12-13H2,1H3,(H,25,26). The maximum absolute atomic E-state index is 11.1. The summed E-state index contributed by atoms with van der Waals surface area (Å²) >= 11 is 12.5. The molecule has 3 rings (SSSR count). The van der Waals surface area contributed by atoms with Crippen molar-refractivity contribution in [3.05, 3.63) is 69.7 Å². The molecule has 1 unspecified atom stereocenters. The molecule has 0 radical (unpaired) electrons. The summed E-state index contributed by atoms with van der Waals surface area (Å²) in [6.45, 7) is 4.42. The van der Waals surface area contributed by atoms with Crippen molar-refractivity contribution in [3.63, 3.8) is 0 Å². The molecule has 0 spiro atoms. The molecule has 0 saturated carbocycles. The Morgan fingerprint density at radius 1 is 1.12 bits per heavy atom. The monoisotopic (exact) mass is 392 g/mol. The van der Waals surface area contributed by atoms with E-state index in [1.54, 1.807) is 0 Å². The maximum atomic E-state index is 11.1. The minimum atomic E-state index is -0.786. The van der Waals surface area contributed by atoms with E-state index in [4.69, 9.17) is 28.3 Å². The Morgan fingerprint density at radius 2 is 1.69 bits per heavy atom. The number of aliphatic carboxylic acids is 1. The Bertz CT molecular complexity index is 738. The van der Waals surface area contributed by atoms with Gasteiger partial charge in [0, 0.05) is 35.7 Å². The minimum absolute atomic E-state index is 0.0295. The number of nitrogens with zero attached hydrogens (tertiary/aromatic N) is 2. The van der Waals surface area contributed by atoms with Crippen molar-refractivity contribution < 1.29 is 9.90 Å². The van der Waals surface area contributed by atoms with Crippen LogP contribution in [0.15, 0.2) is 48.5 Å². The molecular weight excluding hydrogens is 371 g/mol. The van der Waals surface area contributed by atoms with Gasteiger partial charge in [0.05, 0.1) is 12.6 Å². The second-order valence-electron chi connectivity index (χ2n) is 6.72. The van der Waals surface area contributed by atoms with Crippen LogP contribution in [0.3, 0.4) is 0 Å². The third-order valence-corrected chi connectivity index (χ3v) is 5.30. The number of carboxylic acids is 1. The minimum Gasteiger partial charge on any atom is -0.480 e. The lowest BCUT2D eigenvalue weighted by Crippen LogP contribution is -2.54. The molecule has 1 N–H and O–H groups in total. The Kier molecular flexibility index (Phi) is 6.20. The van der Waals surface area contributed by atoms with Crippen molar-refractivity contribution in [1.29, 1.82) is 0 Å². The highest BCUT2D eigenvalue weighted by Crippen LogP contribution is 2.33. The molecule has 0 aliphatic carbocycles. The van der Waals surface area contributed by atoms with Gasteiger partial charge in [-0.1, -0.05) is 47.5 Å². The zero-order valence-electron chi connectivity index (χ0n) is 14.6. The smallest absolute Gasteiger partial charge is 0.317 e. The first-order valence-electron chi connectivity index (χ1n) is 8.65. The Labute approximate surface area is 163 Å². The van der Waals surface area contributed by atoms with Gasteiger partial charge in [0.2, 0.25) is 0 Å². The van der Waals surface area contributed by atoms with Gasteiger partial charge in [-0.2, -0.15) is 0 Å². The van der Waals surface area contributed by atoms with E-state index in [1.165, 1.54) is 0 Å². The molecule has 6 heteroatoms. The predicted molar refractivity (Wildman–Crippen MR) is 105 cm³/mol. The van der Waals surface area contributed by atoms with Crippen LogP contribution in [0.5, 0.6) is 0 Å². The lowest BCUT2D eigenvalue weighted by atomic mass is 9.95. The van der Waals surface area contributed by atoms with Crippen LogP contribution in [0, 0.1) is 0 Å². The van der Waals surface area contributed by atoms with E-state index in [1.807, 2.05) is 41.3 Å². The van der Waals surface area contributed by atoms with Crippen LogP contribution in [0.2, 0.25) is 10.0 Å². The second kappa shape index (κ2) is 8.40. The lowest BCUT2D eigenvalue weighted by molar-refractivity contribution is -0.139. The van der Waals surface area contributed by atoms with E-state index in [-0.39, 0.29) is 18.6 Å². The largest absolute Gasteiger partial charge is 0.480 e. The molecule has 0 bridgehead atoms. The van der Waals surface area contributed by atoms with Gasteiger partial charge in [-0.05, 0) is 42.3 Å². The third kappa shape index (κ3) is 4.57. The van der Waals surface area contributed by atoms with E-state index < -0.39 is 5.97 Å². The van der Waals surface area contributed by atoms with Gasteiger partial charge in [-0.15, -0.1) is 0 Å². The zero-order chi connectivity index (χ0) is 18.7. The van der Waals surface area contributed by atoms with Crippen LogP contribution in [-0.2, 0) is 4.79 Å². The molecule has 1 aliphatic heterocycles. The summed E-state index contributed by atoms with van der Waals surface area (Å²) in [6.07, 6.45) is 0. The number of hydrogen-bond acceptors (Lipinski definition) is 3. The second-order valence-corrected chi connectivity index (χ2v) is 7.59. The topological polar surface area (TPSA) is 43.8 Å². The van der Waals surface area contributed by atoms with Crippen LogP contribution in [0.4, 0.5) is 0 Å². The van der Waals surface area contributed by atoms with Crippen molar-refractivity contribution in [2.24, 2.45) is 0 Å². The van der Waals surface area contributed by atoms with Gasteiger partial charge in [0.1, 0.15) is 0 Å². The third-order valence-electron chi connectivity index (χ3n) is 4.83. The summed E-state index contributed by atoms with van der Waals surface area (Å²) in [4.78, 5) is 15.4. The van der Waals surface area contributed by atoms with E-state index in [0.29, 0.717) is 16.6 Å². The number of piperazine rings is 1. The van der Waals surface area contributed by atoms with Crippen LogP contribution >= 0.6 is 23.2 Å². The molecule has 2 aromatic rings. The highest BCUT2D eigenvalue weighted by atomic mass is 35.5. The van der Waals surface area contributed by atoms with Crippen LogP contribution in [-0.4, -0.2) is 53.1 Å². The molecular formula is C20H22Cl2N2O2. The number of benzene rings is 2. The first kappa shape index (κ1) is 19.2. The molecule has 1 atom stereocenters. The first-order valence-corrected chi connectivity index (χ1v) is 9.40. The fraction of sp³-hybridized carbons (Fsp3) is 0.350. The zero-order valence-corrected chi connectivity index (χ0v) is 16.1.